The van der Waals surface area contributed by atoms with Crippen LogP contribution >= 0.6 is 0 Å². The van der Waals surface area contributed by atoms with Gasteiger partial charge in [0.05, 0.1) is 12.7 Å². The number of ether oxygens (including phenoxy) is 2. The van der Waals surface area contributed by atoms with Crippen LogP contribution in [0, 0.1) is 0 Å². The molecule has 0 unspecified atom stereocenters. The van der Waals surface area contributed by atoms with Crippen molar-refractivity contribution in [3.05, 3.63) is 71.4 Å². The standard InChI is InChI=1S/C21H20N2O6/c1-14(24)22-18(12-15-6-4-3-5-7-15)21(27)29-13-19(25)23-17-10-8-16(9-11-17)20(26)28-2/h3-12H,13H2,1-2H3,(H,22,24)(H,23,25). The van der Waals surface area contributed by atoms with Gasteiger partial charge in [0.2, 0.25) is 5.91 Å². The van der Waals surface area contributed by atoms with Crippen molar-refractivity contribution in [3.8, 4) is 0 Å². The first kappa shape index (κ1) is 21.4. The molecule has 0 spiro atoms. The zero-order chi connectivity index (χ0) is 21.2. The van der Waals surface area contributed by atoms with Crippen LogP contribution in [0.1, 0.15) is 22.8 Å². The normalized spacial score (nSPS) is 10.6. The average Bonchev–Trinajstić information content (AvgIpc) is 2.72. The highest BCUT2D eigenvalue weighted by molar-refractivity contribution is 5.99. The Morgan fingerprint density at radius 2 is 1.62 bits per heavy atom. The van der Waals surface area contributed by atoms with Crippen LogP contribution in [0.5, 0.6) is 0 Å². The Bertz CT molecular complexity index is 920. The van der Waals surface area contributed by atoms with Crippen LogP contribution in [-0.2, 0) is 23.9 Å². The van der Waals surface area contributed by atoms with Gasteiger partial charge in [-0.1, -0.05) is 30.3 Å². The molecule has 2 rings (SSSR count). The summed E-state index contributed by atoms with van der Waals surface area (Å²) in [7, 11) is 1.27. The zero-order valence-corrected chi connectivity index (χ0v) is 15.9. The highest BCUT2D eigenvalue weighted by Gasteiger charge is 2.15. The lowest BCUT2D eigenvalue weighted by molar-refractivity contribution is -0.144. The van der Waals surface area contributed by atoms with Gasteiger partial charge >= 0.3 is 11.9 Å². The summed E-state index contributed by atoms with van der Waals surface area (Å²) in [6, 6.07) is 14.9. The molecule has 0 aromatic heterocycles. The number of amides is 2. The van der Waals surface area contributed by atoms with Crippen LogP contribution in [0.4, 0.5) is 5.69 Å². The SMILES string of the molecule is COC(=O)c1ccc(NC(=O)COC(=O)C(=Cc2ccccc2)NC(C)=O)cc1. The zero-order valence-electron chi connectivity index (χ0n) is 15.9. The lowest BCUT2D eigenvalue weighted by Gasteiger charge is -2.10. The number of nitrogens with one attached hydrogen (secondary N) is 2. The molecule has 2 amide bonds. The molecule has 150 valence electrons. The fraction of sp³-hybridized carbons (Fsp3) is 0.143. The van der Waals surface area contributed by atoms with E-state index in [9.17, 15) is 19.2 Å². The van der Waals surface area contributed by atoms with Gasteiger partial charge in [-0.2, -0.15) is 0 Å². The van der Waals surface area contributed by atoms with E-state index in [0.717, 1.165) is 0 Å². The Morgan fingerprint density at radius 3 is 2.21 bits per heavy atom. The first-order valence-corrected chi connectivity index (χ1v) is 8.58. The summed E-state index contributed by atoms with van der Waals surface area (Å²) >= 11 is 0. The van der Waals surface area contributed by atoms with Gasteiger partial charge in [-0.05, 0) is 35.9 Å². The predicted molar refractivity (Wildman–Crippen MR) is 106 cm³/mol. The Balaban J connectivity index is 1.96. The summed E-state index contributed by atoms with van der Waals surface area (Å²) < 4.78 is 9.58. The van der Waals surface area contributed by atoms with Crippen molar-refractivity contribution in [1.29, 1.82) is 0 Å². The van der Waals surface area contributed by atoms with E-state index in [2.05, 4.69) is 15.4 Å². The summed E-state index contributed by atoms with van der Waals surface area (Å²) in [6.07, 6.45) is 1.45. The summed E-state index contributed by atoms with van der Waals surface area (Å²) in [5.74, 6) is -2.36. The Labute approximate surface area is 167 Å². The van der Waals surface area contributed by atoms with Gasteiger partial charge in [0.25, 0.3) is 5.91 Å². The van der Waals surface area contributed by atoms with Gasteiger partial charge in [-0.15, -0.1) is 0 Å². The van der Waals surface area contributed by atoms with Gasteiger partial charge in [-0.3, -0.25) is 9.59 Å². The van der Waals surface area contributed by atoms with Crippen molar-refractivity contribution >= 4 is 35.5 Å². The largest absolute Gasteiger partial charge is 0.465 e. The van der Waals surface area contributed by atoms with Gasteiger partial charge < -0.3 is 20.1 Å². The fourth-order valence-corrected chi connectivity index (χ4v) is 2.27. The van der Waals surface area contributed by atoms with E-state index >= 15 is 0 Å². The van der Waals surface area contributed by atoms with Crippen LogP contribution in [0.25, 0.3) is 6.08 Å². The molecule has 29 heavy (non-hydrogen) atoms. The highest BCUT2D eigenvalue weighted by Crippen LogP contribution is 2.11. The molecule has 0 aliphatic carbocycles. The lowest BCUT2D eigenvalue weighted by atomic mass is 10.2. The highest BCUT2D eigenvalue weighted by atomic mass is 16.5. The molecule has 0 saturated heterocycles. The van der Waals surface area contributed by atoms with E-state index < -0.39 is 30.4 Å². The lowest BCUT2D eigenvalue weighted by Crippen LogP contribution is -2.28. The van der Waals surface area contributed by atoms with Crippen molar-refractivity contribution in [2.24, 2.45) is 0 Å². The van der Waals surface area contributed by atoms with E-state index in [4.69, 9.17) is 4.74 Å². The van der Waals surface area contributed by atoms with Crippen LogP contribution < -0.4 is 10.6 Å². The number of carbonyl (C=O) groups is 4. The molecule has 0 atom stereocenters. The van der Waals surface area contributed by atoms with E-state index in [1.807, 2.05) is 6.07 Å². The molecular formula is C21H20N2O6. The van der Waals surface area contributed by atoms with Crippen LogP contribution in [0.2, 0.25) is 0 Å². The maximum Gasteiger partial charge on any atom is 0.355 e. The second kappa shape index (κ2) is 10.4. The maximum atomic E-state index is 12.3. The van der Waals surface area contributed by atoms with Crippen molar-refractivity contribution in [2.45, 2.75) is 6.92 Å². The Hall–Kier alpha value is -3.94. The third-order valence-electron chi connectivity index (χ3n) is 3.57. The molecule has 8 nitrogen and oxygen atoms in total. The van der Waals surface area contributed by atoms with Crippen molar-refractivity contribution in [2.75, 3.05) is 19.0 Å². The van der Waals surface area contributed by atoms with E-state index in [1.54, 1.807) is 24.3 Å². The summed E-state index contributed by atoms with van der Waals surface area (Å²) in [5.41, 5.74) is 1.35. The number of hydrogen-bond donors (Lipinski definition) is 2. The van der Waals surface area contributed by atoms with Gasteiger partial charge in [0.1, 0.15) is 5.70 Å². The maximum absolute atomic E-state index is 12.3. The van der Waals surface area contributed by atoms with Crippen molar-refractivity contribution < 1.29 is 28.7 Å². The molecule has 0 fully saturated rings. The molecule has 0 bridgehead atoms. The molecule has 2 aromatic rings. The minimum atomic E-state index is -0.847. The van der Waals surface area contributed by atoms with E-state index in [0.29, 0.717) is 16.8 Å². The van der Waals surface area contributed by atoms with Crippen molar-refractivity contribution in [3.63, 3.8) is 0 Å². The summed E-state index contributed by atoms with van der Waals surface area (Å²) in [6.45, 7) is 0.708. The number of rotatable bonds is 7. The number of esters is 2. The second-order valence-electron chi connectivity index (χ2n) is 5.84. The van der Waals surface area contributed by atoms with Crippen LogP contribution in [0.3, 0.4) is 0 Å². The van der Waals surface area contributed by atoms with Crippen LogP contribution in [-0.4, -0.2) is 37.5 Å². The molecule has 0 aliphatic heterocycles. The minimum Gasteiger partial charge on any atom is -0.465 e. The molecule has 0 heterocycles. The fourth-order valence-electron chi connectivity index (χ4n) is 2.27. The molecule has 2 N–H and O–H groups in total. The molecule has 0 radical (unpaired) electrons. The van der Waals surface area contributed by atoms with Crippen molar-refractivity contribution in [1.82, 2.24) is 5.32 Å². The number of hydrogen-bond acceptors (Lipinski definition) is 6. The van der Waals surface area contributed by atoms with Gasteiger partial charge in [0, 0.05) is 12.6 Å². The second-order valence-corrected chi connectivity index (χ2v) is 5.84. The molecule has 0 saturated carbocycles. The van der Waals surface area contributed by atoms with Gasteiger partial charge in [-0.25, -0.2) is 9.59 Å². The van der Waals surface area contributed by atoms with E-state index in [-0.39, 0.29) is 5.70 Å². The van der Waals surface area contributed by atoms with Crippen LogP contribution in [0.15, 0.2) is 60.3 Å². The number of benzene rings is 2. The first-order chi connectivity index (χ1) is 13.9. The number of carbonyl (C=O) groups excluding carboxylic acids is 4. The quantitative estimate of drug-likeness (QED) is 0.548. The smallest absolute Gasteiger partial charge is 0.355 e. The number of anilines is 1. The Morgan fingerprint density at radius 1 is 0.966 bits per heavy atom. The monoisotopic (exact) mass is 396 g/mol. The molecule has 2 aromatic carbocycles. The first-order valence-electron chi connectivity index (χ1n) is 8.58. The average molecular weight is 396 g/mol. The summed E-state index contributed by atoms with van der Waals surface area (Å²) in [5, 5.41) is 4.93. The topological polar surface area (TPSA) is 111 Å². The molecular weight excluding hydrogens is 376 g/mol. The third kappa shape index (κ3) is 6.94. The predicted octanol–water partition coefficient (Wildman–Crippen LogP) is 2.13. The summed E-state index contributed by atoms with van der Waals surface area (Å²) in [4.78, 5) is 47.0. The third-order valence-corrected chi connectivity index (χ3v) is 3.57. The molecule has 0 aliphatic rings. The van der Waals surface area contributed by atoms with Gasteiger partial charge in [0.15, 0.2) is 6.61 Å². The number of methoxy groups -OCH3 is 1. The molecule has 8 heteroatoms. The van der Waals surface area contributed by atoms with E-state index in [1.165, 1.54) is 44.4 Å². The Kier molecular flexibility index (Phi) is 7.67. The minimum absolute atomic E-state index is 0.0843.